The topological polar surface area (TPSA) is 103 Å². The second kappa shape index (κ2) is 6.15. The van der Waals surface area contributed by atoms with E-state index in [1.54, 1.807) is 6.07 Å². The first-order valence-corrected chi connectivity index (χ1v) is 7.05. The number of para-hydroxylation sites is 1. The van der Waals surface area contributed by atoms with Crippen LogP contribution >= 0.6 is 0 Å². The van der Waals surface area contributed by atoms with Crippen LogP contribution in [0.25, 0.3) is 5.82 Å². The molecule has 0 amide bonds. The van der Waals surface area contributed by atoms with Crippen LogP contribution in [0.2, 0.25) is 0 Å². The number of hydrogen-bond acceptors (Lipinski definition) is 6. The fourth-order valence-corrected chi connectivity index (χ4v) is 2.13. The van der Waals surface area contributed by atoms with Crippen molar-refractivity contribution in [2.24, 2.45) is 0 Å². The fraction of sp³-hybridized carbons (Fsp3) is 0.125. The molecule has 114 valence electrons. The largest absolute Gasteiger partial charge is 0.439 e. The normalized spacial score (nSPS) is 10.3. The molecule has 0 fully saturated rings. The van der Waals surface area contributed by atoms with Crippen LogP contribution in [-0.2, 0) is 6.42 Å². The highest BCUT2D eigenvalue weighted by molar-refractivity contribution is 5.55. The van der Waals surface area contributed by atoms with Gasteiger partial charge in [-0.15, -0.1) is 0 Å². The van der Waals surface area contributed by atoms with Gasteiger partial charge in [0.2, 0.25) is 5.88 Å². The zero-order valence-electron chi connectivity index (χ0n) is 12.5. The quantitative estimate of drug-likeness (QED) is 0.794. The Morgan fingerprint density at radius 1 is 1.26 bits per heavy atom. The van der Waals surface area contributed by atoms with Gasteiger partial charge in [-0.25, -0.2) is 9.97 Å². The van der Waals surface area contributed by atoms with E-state index in [0.717, 1.165) is 0 Å². The Hall–Kier alpha value is -3.40. The van der Waals surface area contributed by atoms with Gasteiger partial charge in [-0.1, -0.05) is 25.1 Å². The molecule has 0 spiro atoms. The first kappa shape index (κ1) is 14.5. The lowest BCUT2D eigenvalue weighted by atomic mass is 10.2. The molecule has 0 saturated heterocycles. The van der Waals surface area contributed by atoms with E-state index >= 15 is 0 Å². The van der Waals surface area contributed by atoms with E-state index in [-0.39, 0.29) is 5.82 Å². The highest BCUT2D eigenvalue weighted by atomic mass is 16.5. The predicted octanol–water partition coefficient (Wildman–Crippen LogP) is 2.47. The van der Waals surface area contributed by atoms with Gasteiger partial charge in [-0.2, -0.15) is 15.0 Å². The van der Waals surface area contributed by atoms with Crippen LogP contribution in [0.3, 0.4) is 0 Å². The Balaban J connectivity index is 1.97. The number of nitrogen functional groups attached to an aromatic ring is 1. The van der Waals surface area contributed by atoms with Crippen molar-refractivity contribution in [2.45, 2.75) is 13.3 Å². The number of ether oxygens (including phenoxy) is 1. The summed E-state index contributed by atoms with van der Waals surface area (Å²) in [4.78, 5) is 8.23. The molecule has 0 aliphatic heterocycles. The maximum absolute atomic E-state index is 9.20. The predicted molar refractivity (Wildman–Crippen MR) is 84.2 cm³/mol. The molecule has 2 heterocycles. The summed E-state index contributed by atoms with van der Waals surface area (Å²) in [5.41, 5.74) is 7.01. The SMILES string of the molecule is CCc1nn(-c2cc(Oc3ccccc3)ncn2)c(N)c1C#N. The van der Waals surface area contributed by atoms with E-state index in [1.807, 2.05) is 37.3 Å². The van der Waals surface area contributed by atoms with Gasteiger partial charge in [0.1, 0.15) is 29.5 Å². The van der Waals surface area contributed by atoms with Crippen LogP contribution in [0.15, 0.2) is 42.7 Å². The standard InChI is InChI=1S/C16H14N6O/c1-2-13-12(9-17)16(18)22(21-13)14-8-15(20-10-19-14)23-11-6-4-3-5-7-11/h3-8,10H,2,18H2,1H3. The lowest BCUT2D eigenvalue weighted by Gasteiger charge is -2.06. The summed E-state index contributed by atoms with van der Waals surface area (Å²) in [7, 11) is 0. The number of nitrogens with two attached hydrogens (primary N) is 1. The Bertz CT molecular complexity index is 866. The van der Waals surface area contributed by atoms with Crippen LogP contribution in [0.5, 0.6) is 11.6 Å². The van der Waals surface area contributed by atoms with Crippen molar-refractivity contribution in [3.05, 3.63) is 54.0 Å². The summed E-state index contributed by atoms with van der Waals surface area (Å²) in [6.07, 6.45) is 1.98. The van der Waals surface area contributed by atoms with Crippen molar-refractivity contribution in [1.82, 2.24) is 19.7 Å². The van der Waals surface area contributed by atoms with Crippen molar-refractivity contribution in [2.75, 3.05) is 5.73 Å². The first-order chi connectivity index (χ1) is 11.2. The maximum atomic E-state index is 9.20. The molecular weight excluding hydrogens is 292 g/mol. The minimum Gasteiger partial charge on any atom is -0.439 e. The molecule has 0 radical (unpaired) electrons. The number of hydrogen-bond donors (Lipinski definition) is 1. The van der Waals surface area contributed by atoms with Crippen molar-refractivity contribution in [3.63, 3.8) is 0 Å². The average Bonchev–Trinajstić information content (AvgIpc) is 2.92. The van der Waals surface area contributed by atoms with Gasteiger partial charge in [0, 0.05) is 6.07 Å². The molecule has 0 atom stereocenters. The molecule has 7 heteroatoms. The maximum Gasteiger partial charge on any atom is 0.224 e. The van der Waals surface area contributed by atoms with Gasteiger partial charge in [-0.3, -0.25) is 0 Å². The highest BCUT2D eigenvalue weighted by Gasteiger charge is 2.16. The Morgan fingerprint density at radius 2 is 2.04 bits per heavy atom. The van der Waals surface area contributed by atoms with E-state index in [4.69, 9.17) is 10.5 Å². The number of anilines is 1. The molecule has 0 bridgehead atoms. The van der Waals surface area contributed by atoms with Crippen LogP contribution in [0.1, 0.15) is 18.2 Å². The molecular formula is C16H14N6O. The minimum absolute atomic E-state index is 0.258. The summed E-state index contributed by atoms with van der Waals surface area (Å²) in [5.74, 6) is 1.73. The third kappa shape index (κ3) is 2.82. The Kier molecular flexibility index (Phi) is 3.89. The van der Waals surface area contributed by atoms with Crippen molar-refractivity contribution in [1.29, 1.82) is 5.26 Å². The molecule has 0 saturated carbocycles. The lowest BCUT2D eigenvalue weighted by molar-refractivity contribution is 0.460. The Labute approximate surface area is 133 Å². The van der Waals surface area contributed by atoms with Gasteiger partial charge in [0.25, 0.3) is 0 Å². The summed E-state index contributed by atoms with van der Waals surface area (Å²) in [6.45, 7) is 1.91. The molecule has 7 nitrogen and oxygen atoms in total. The number of nitriles is 1. The van der Waals surface area contributed by atoms with Gasteiger partial charge >= 0.3 is 0 Å². The highest BCUT2D eigenvalue weighted by Crippen LogP contribution is 2.23. The zero-order chi connectivity index (χ0) is 16.2. The van der Waals surface area contributed by atoms with Crippen molar-refractivity contribution >= 4 is 5.82 Å². The third-order valence-electron chi connectivity index (χ3n) is 3.25. The summed E-state index contributed by atoms with van der Waals surface area (Å²) in [6, 6.07) is 13.0. The molecule has 3 aromatic rings. The molecule has 3 rings (SSSR count). The fourth-order valence-electron chi connectivity index (χ4n) is 2.13. The monoisotopic (exact) mass is 306 g/mol. The summed E-state index contributed by atoms with van der Waals surface area (Å²) < 4.78 is 7.10. The number of aryl methyl sites for hydroxylation is 1. The van der Waals surface area contributed by atoms with Crippen LogP contribution < -0.4 is 10.5 Å². The van der Waals surface area contributed by atoms with E-state index in [0.29, 0.717) is 35.1 Å². The van der Waals surface area contributed by atoms with Gasteiger partial charge in [0.05, 0.1) is 5.69 Å². The smallest absolute Gasteiger partial charge is 0.224 e. The average molecular weight is 306 g/mol. The first-order valence-electron chi connectivity index (χ1n) is 7.05. The zero-order valence-corrected chi connectivity index (χ0v) is 12.5. The van der Waals surface area contributed by atoms with Gasteiger partial charge < -0.3 is 10.5 Å². The van der Waals surface area contributed by atoms with Crippen molar-refractivity contribution in [3.8, 4) is 23.5 Å². The van der Waals surface area contributed by atoms with Crippen LogP contribution in [0.4, 0.5) is 5.82 Å². The van der Waals surface area contributed by atoms with E-state index in [2.05, 4.69) is 21.1 Å². The lowest BCUT2D eigenvalue weighted by Crippen LogP contribution is -2.05. The molecule has 0 unspecified atom stereocenters. The number of benzene rings is 1. The Morgan fingerprint density at radius 3 is 2.70 bits per heavy atom. The molecule has 2 N–H and O–H groups in total. The number of nitrogens with zero attached hydrogens (tertiary/aromatic N) is 5. The molecule has 2 aromatic heterocycles. The van der Waals surface area contributed by atoms with E-state index < -0.39 is 0 Å². The molecule has 0 aliphatic carbocycles. The van der Waals surface area contributed by atoms with Crippen LogP contribution in [0, 0.1) is 11.3 Å². The number of aromatic nitrogens is 4. The molecule has 0 aliphatic rings. The van der Waals surface area contributed by atoms with Crippen molar-refractivity contribution < 1.29 is 4.74 Å². The second-order valence-electron chi connectivity index (χ2n) is 4.71. The second-order valence-corrected chi connectivity index (χ2v) is 4.71. The molecule has 23 heavy (non-hydrogen) atoms. The van der Waals surface area contributed by atoms with Gasteiger partial charge in [0.15, 0.2) is 5.82 Å². The summed E-state index contributed by atoms with van der Waals surface area (Å²) >= 11 is 0. The summed E-state index contributed by atoms with van der Waals surface area (Å²) in [5, 5.41) is 13.5. The number of rotatable bonds is 4. The van der Waals surface area contributed by atoms with E-state index in [9.17, 15) is 5.26 Å². The van der Waals surface area contributed by atoms with Gasteiger partial charge in [-0.05, 0) is 18.6 Å². The third-order valence-corrected chi connectivity index (χ3v) is 3.25. The van der Waals surface area contributed by atoms with E-state index in [1.165, 1.54) is 11.0 Å². The molecule has 1 aromatic carbocycles. The van der Waals surface area contributed by atoms with Crippen LogP contribution in [-0.4, -0.2) is 19.7 Å². The minimum atomic E-state index is 0.258.